The van der Waals surface area contributed by atoms with Crippen LogP contribution in [0.25, 0.3) is 0 Å². The maximum absolute atomic E-state index is 14.4. The Labute approximate surface area is 135 Å². The molecule has 0 radical (unpaired) electrons. The number of piperidine rings is 1. The molecule has 1 amide bonds. The number of benzene rings is 1. The highest BCUT2D eigenvalue weighted by Crippen LogP contribution is 2.34. The second-order valence-corrected chi connectivity index (χ2v) is 6.12. The molecular weight excluding hydrogens is 310 g/mol. The number of likely N-dealkylation sites (N-methyl/N-ethyl adjacent to an activating group) is 1. The molecule has 2 bridgehead atoms. The molecule has 0 aliphatic carbocycles. The Morgan fingerprint density at radius 1 is 1.18 bits per heavy atom. The highest BCUT2D eigenvalue weighted by Gasteiger charge is 2.46. The van der Waals surface area contributed by atoms with Crippen LogP contribution in [0.1, 0.15) is 31.2 Å². The van der Waals surface area contributed by atoms with Crippen LogP contribution >= 0.6 is 12.4 Å². The zero-order chi connectivity index (χ0) is 15.0. The lowest BCUT2D eigenvalue weighted by molar-refractivity contribution is -0.160. The van der Waals surface area contributed by atoms with Crippen LogP contribution in [-0.4, -0.2) is 36.0 Å². The Morgan fingerprint density at radius 3 is 2.27 bits per heavy atom. The summed E-state index contributed by atoms with van der Waals surface area (Å²) in [5, 5.41) is 3.46. The van der Waals surface area contributed by atoms with Gasteiger partial charge >= 0.3 is 5.92 Å². The smallest absolute Gasteiger partial charge is 0.337 e. The van der Waals surface area contributed by atoms with Gasteiger partial charge in [-0.25, -0.2) is 0 Å². The van der Waals surface area contributed by atoms with Gasteiger partial charge in [-0.15, -0.1) is 12.4 Å². The summed E-state index contributed by atoms with van der Waals surface area (Å²) in [5.41, 5.74) is -0.237. The maximum Gasteiger partial charge on any atom is 0.349 e. The van der Waals surface area contributed by atoms with Gasteiger partial charge in [-0.2, -0.15) is 8.78 Å². The number of rotatable bonds is 3. The molecule has 2 aliphatic rings. The van der Waals surface area contributed by atoms with Crippen molar-refractivity contribution in [3.63, 3.8) is 0 Å². The fourth-order valence-electron chi connectivity index (χ4n) is 3.50. The minimum atomic E-state index is -3.46. The Bertz CT molecular complexity index is 514. The standard InChI is InChI=1S/C16H20F2N2O.ClH/c1-20(14-9-12-7-8-13(10-14)19-12)15(21)16(17,18)11-5-3-2-4-6-11;/h2-6,12-14,19H,7-10H2,1H3;1H. The molecule has 0 aromatic heterocycles. The number of nitrogens with one attached hydrogen (secondary N) is 1. The molecule has 3 nitrogen and oxygen atoms in total. The number of alkyl halides is 2. The summed E-state index contributed by atoms with van der Waals surface area (Å²) in [6, 6.07) is 7.98. The normalized spacial score (nSPS) is 27.1. The van der Waals surface area contributed by atoms with Crippen LogP contribution in [0.3, 0.4) is 0 Å². The van der Waals surface area contributed by atoms with Gasteiger partial charge in [0.05, 0.1) is 0 Å². The third-order valence-corrected chi connectivity index (χ3v) is 4.72. The summed E-state index contributed by atoms with van der Waals surface area (Å²) >= 11 is 0. The summed E-state index contributed by atoms with van der Waals surface area (Å²) < 4.78 is 28.7. The lowest BCUT2D eigenvalue weighted by Crippen LogP contribution is -2.51. The van der Waals surface area contributed by atoms with Gasteiger partial charge in [-0.05, 0) is 25.7 Å². The molecule has 2 saturated heterocycles. The molecule has 2 aliphatic heterocycles. The highest BCUT2D eigenvalue weighted by molar-refractivity contribution is 5.85. The van der Waals surface area contributed by atoms with Gasteiger partial charge in [0.15, 0.2) is 0 Å². The van der Waals surface area contributed by atoms with E-state index in [1.807, 2.05) is 0 Å². The minimum Gasteiger partial charge on any atom is -0.337 e. The topological polar surface area (TPSA) is 32.3 Å². The molecule has 1 N–H and O–H groups in total. The van der Waals surface area contributed by atoms with Crippen LogP contribution in [0.5, 0.6) is 0 Å². The first-order valence-corrected chi connectivity index (χ1v) is 7.45. The van der Waals surface area contributed by atoms with Crippen molar-refractivity contribution >= 4 is 18.3 Å². The third-order valence-electron chi connectivity index (χ3n) is 4.72. The maximum atomic E-state index is 14.4. The molecule has 22 heavy (non-hydrogen) atoms. The first-order chi connectivity index (χ1) is 9.98. The summed E-state index contributed by atoms with van der Waals surface area (Å²) in [4.78, 5) is 13.5. The predicted octanol–water partition coefficient (Wildman–Crippen LogP) is 2.94. The lowest BCUT2D eigenvalue weighted by Gasteiger charge is -2.37. The molecule has 6 heteroatoms. The van der Waals surface area contributed by atoms with E-state index in [9.17, 15) is 13.6 Å². The van der Waals surface area contributed by atoms with E-state index in [2.05, 4.69) is 5.32 Å². The first kappa shape index (κ1) is 17.2. The van der Waals surface area contributed by atoms with Gasteiger partial charge in [0.2, 0.25) is 0 Å². The fourth-order valence-corrected chi connectivity index (χ4v) is 3.50. The van der Waals surface area contributed by atoms with E-state index in [1.165, 1.54) is 36.2 Å². The number of hydrogen-bond acceptors (Lipinski definition) is 2. The van der Waals surface area contributed by atoms with E-state index >= 15 is 0 Å². The van der Waals surface area contributed by atoms with Gasteiger partial charge in [-0.1, -0.05) is 30.3 Å². The quantitative estimate of drug-likeness (QED) is 0.924. The molecule has 122 valence electrons. The monoisotopic (exact) mass is 330 g/mol. The highest BCUT2D eigenvalue weighted by atomic mass is 35.5. The third kappa shape index (κ3) is 3.10. The lowest BCUT2D eigenvalue weighted by atomic mass is 9.97. The van der Waals surface area contributed by atoms with Crippen molar-refractivity contribution in [3.8, 4) is 0 Å². The Kier molecular flexibility index (Phi) is 5.07. The van der Waals surface area contributed by atoms with E-state index < -0.39 is 11.8 Å². The van der Waals surface area contributed by atoms with Crippen LogP contribution in [0.4, 0.5) is 8.78 Å². The van der Waals surface area contributed by atoms with E-state index in [-0.39, 0.29) is 24.0 Å². The molecule has 0 saturated carbocycles. The molecule has 2 heterocycles. The van der Waals surface area contributed by atoms with Gasteiger partial charge in [0, 0.05) is 30.7 Å². The predicted molar refractivity (Wildman–Crippen MR) is 83.3 cm³/mol. The number of amides is 1. The van der Waals surface area contributed by atoms with Gasteiger partial charge in [0.1, 0.15) is 0 Å². The molecule has 0 spiro atoms. The Balaban J connectivity index is 0.00000176. The van der Waals surface area contributed by atoms with Crippen LogP contribution in [0.15, 0.2) is 30.3 Å². The summed E-state index contributed by atoms with van der Waals surface area (Å²) in [7, 11) is 1.51. The van der Waals surface area contributed by atoms with Gasteiger partial charge in [0.25, 0.3) is 5.91 Å². The van der Waals surface area contributed by atoms with Crippen molar-refractivity contribution in [2.45, 2.75) is 49.7 Å². The number of carbonyl (C=O) groups excluding carboxylic acids is 1. The minimum absolute atomic E-state index is 0. The van der Waals surface area contributed by atoms with Crippen LogP contribution in [0, 0.1) is 0 Å². The molecule has 3 rings (SSSR count). The average Bonchev–Trinajstić information content (AvgIpc) is 2.85. The van der Waals surface area contributed by atoms with Crippen LogP contribution < -0.4 is 5.32 Å². The Morgan fingerprint density at radius 2 is 1.73 bits per heavy atom. The Hall–Kier alpha value is -1.20. The van der Waals surface area contributed by atoms with Gasteiger partial charge in [-0.3, -0.25) is 4.79 Å². The molecule has 2 fully saturated rings. The zero-order valence-electron chi connectivity index (χ0n) is 12.5. The first-order valence-electron chi connectivity index (χ1n) is 7.45. The van der Waals surface area contributed by atoms with Crippen molar-refractivity contribution in [2.24, 2.45) is 0 Å². The fraction of sp³-hybridized carbons (Fsp3) is 0.562. The number of fused-ring (bicyclic) bond motifs is 2. The number of hydrogen-bond donors (Lipinski definition) is 1. The molecule has 2 unspecified atom stereocenters. The van der Waals surface area contributed by atoms with Crippen molar-refractivity contribution in [1.29, 1.82) is 0 Å². The largest absolute Gasteiger partial charge is 0.349 e. The van der Waals surface area contributed by atoms with Gasteiger partial charge < -0.3 is 10.2 Å². The zero-order valence-corrected chi connectivity index (χ0v) is 13.3. The van der Waals surface area contributed by atoms with Crippen LogP contribution in [-0.2, 0) is 10.7 Å². The van der Waals surface area contributed by atoms with Crippen molar-refractivity contribution in [3.05, 3.63) is 35.9 Å². The average molecular weight is 331 g/mol. The number of carbonyl (C=O) groups is 1. The summed E-state index contributed by atoms with van der Waals surface area (Å²) in [6.45, 7) is 0. The number of halogens is 3. The molecular formula is C16H21ClF2N2O. The molecule has 1 aromatic rings. The van der Waals surface area contributed by atoms with Crippen molar-refractivity contribution in [2.75, 3.05) is 7.05 Å². The number of nitrogens with zero attached hydrogens (tertiary/aromatic N) is 1. The SMILES string of the molecule is CN(C(=O)C(F)(F)c1ccccc1)C1CC2CCC(C1)N2.Cl. The van der Waals surface area contributed by atoms with E-state index in [1.54, 1.807) is 6.07 Å². The molecule has 1 aromatic carbocycles. The van der Waals surface area contributed by atoms with E-state index in [4.69, 9.17) is 0 Å². The van der Waals surface area contributed by atoms with E-state index in [0.29, 0.717) is 12.1 Å². The van der Waals surface area contributed by atoms with Crippen molar-refractivity contribution < 1.29 is 13.6 Å². The van der Waals surface area contributed by atoms with E-state index in [0.717, 1.165) is 25.7 Å². The second-order valence-electron chi connectivity index (χ2n) is 6.12. The summed E-state index contributed by atoms with van der Waals surface area (Å²) in [5.74, 6) is -4.56. The molecule has 2 atom stereocenters. The summed E-state index contributed by atoms with van der Waals surface area (Å²) in [6.07, 6.45) is 3.70. The second kappa shape index (κ2) is 6.50. The van der Waals surface area contributed by atoms with Crippen molar-refractivity contribution in [1.82, 2.24) is 10.2 Å². The van der Waals surface area contributed by atoms with Crippen LogP contribution in [0.2, 0.25) is 0 Å².